The summed E-state index contributed by atoms with van der Waals surface area (Å²) in [6.45, 7) is 0. The molecule has 0 fully saturated rings. The van der Waals surface area contributed by atoms with E-state index in [1.54, 1.807) is 48.5 Å². The summed E-state index contributed by atoms with van der Waals surface area (Å²) in [5.74, 6) is 0.222. The third-order valence-electron chi connectivity index (χ3n) is 6.12. The van der Waals surface area contributed by atoms with Crippen molar-refractivity contribution in [3.63, 3.8) is 0 Å². The van der Waals surface area contributed by atoms with Gasteiger partial charge in [0.15, 0.2) is 0 Å². The number of rotatable bonds is 2. The molecular formula is C24H21NO3. The van der Waals surface area contributed by atoms with Gasteiger partial charge in [-0.15, -0.1) is 0 Å². The van der Waals surface area contributed by atoms with Gasteiger partial charge in [-0.25, -0.2) is 0 Å². The molecule has 1 amide bonds. The van der Waals surface area contributed by atoms with Crippen LogP contribution in [-0.4, -0.2) is 16.1 Å². The van der Waals surface area contributed by atoms with Crippen molar-refractivity contribution in [1.29, 1.82) is 0 Å². The third kappa shape index (κ3) is 2.27. The van der Waals surface area contributed by atoms with Crippen LogP contribution in [0.5, 0.6) is 11.5 Å². The van der Waals surface area contributed by atoms with Crippen molar-refractivity contribution in [1.82, 2.24) is 0 Å². The van der Waals surface area contributed by atoms with Crippen molar-refractivity contribution in [2.45, 2.75) is 31.1 Å². The van der Waals surface area contributed by atoms with E-state index in [1.807, 2.05) is 0 Å². The number of phenolic OH excluding ortho intramolecular Hbond substituents is 2. The Kier molecular flexibility index (Phi) is 3.69. The van der Waals surface area contributed by atoms with Gasteiger partial charge >= 0.3 is 0 Å². The van der Waals surface area contributed by atoms with E-state index in [0.717, 1.165) is 41.6 Å². The largest absolute Gasteiger partial charge is 0.508 e. The number of benzene rings is 3. The number of carbonyl (C=O) groups is 1. The Morgan fingerprint density at radius 2 is 1.32 bits per heavy atom. The summed E-state index contributed by atoms with van der Waals surface area (Å²) in [7, 11) is 0. The molecule has 140 valence electrons. The highest BCUT2D eigenvalue weighted by atomic mass is 16.3. The average Bonchev–Trinajstić information content (AvgIpc) is 3.02. The maximum absolute atomic E-state index is 13.6. The van der Waals surface area contributed by atoms with Gasteiger partial charge in [0, 0.05) is 11.3 Å². The van der Waals surface area contributed by atoms with E-state index in [2.05, 4.69) is 17.4 Å². The molecule has 3 N–H and O–H groups in total. The van der Waals surface area contributed by atoms with Crippen LogP contribution in [0.4, 0.5) is 5.69 Å². The molecule has 0 bridgehead atoms. The van der Waals surface area contributed by atoms with Crippen molar-refractivity contribution in [2.75, 3.05) is 5.32 Å². The highest BCUT2D eigenvalue weighted by molar-refractivity contribution is 6.12. The average molecular weight is 371 g/mol. The molecule has 28 heavy (non-hydrogen) atoms. The molecule has 0 unspecified atom stereocenters. The first-order valence-corrected chi connectivity index (χ1v) is 9.66. The molecule has 5 rings (SSSR count). The standard InChI is InChI=1S/C24H21NO3/c26-18-10-6-16(7-11-18)24(17-8-12-19(27)13-9-17)21-14-5-15-3-1-2-4-20(15)22(21)25-23(24)28/h5-14,26-27H,1-4H2,(H,25,28). The van der Waals surface area contributed by atoms with Crippen molar-refractivity contribution in [2.24, 2.45) is 0 Å². The van der Waals surface area contributed by atoms with Gasteiger partial charge in [-0.3, -0.25) is 4.79 Å². The van der Waals surface area contributed by atoms with Crippen LogP contribution in [0.3, 0.4) is 0 Å². The zero-order valence-electron chi connectivity index (χ0n) is 15.4. The van der Waals surface area contributed by atoms with Crippen LogP contribution in [0.25, 0.3) is 0 Å². The second kappa shape index (κ2) is 6.13. The van der Waals surface area contributed by atoms with E-state index in [9.17, 15) is 15.0 Å². The first kappa shape index (κ1) is 16.9. The minimum absolute atomic E-state index is 0.0992. The molecule has 0 atom stereocenters. The van der Waals surface area contributed by atoms with Crippen LogP contribution in [0.2, 0.25) is 0 Å². The van der Waals surface area contributed by atoms with Crippen LogP contribution in [0, 0.1) is 0 Å². The van der Waals surface area contributed by atoms with E-state index >= 15 is 0 Å². The van der Waals surface area contributed by atoms with E-state index in [-0.39, 0.29) is 17.4 Å². The van der Waals surface area contributed by atoms with Gasteiger partial charge in [0.05, 0.1) is 0 Å². The fraction of sp³-hybridized carbons (Fsp3) is 0.208. The SMILES string of the molecule is O=C1Nc2c(ccc3c2CCCC3)C1(c1ccc(O)cc1)c1ccc(O)cc1. The Morgan fingerprint density at radius 3 is 1.93 bits per heavy atom. The van der Waals surface area contributed by atoms with Gasteiger partial charge in [-0.05, 0) is 72.2 Å². The minimum atomic E-state index is -1.01. The number of aromatic hydroxyl groups is 2. The fourth-order valence-electron chi connectivity index (χ4n) is 4.78. The molecule has 1 aliphatic carbocycles. The number of aryl methyl sites for hydroxylation is 1. The van der Waals surface area contributed by atoms with E-state index in [1.165, 1.54) is 17.5 Å². The van der Waals surface area contributed by atoms with Gasteiger partial charge < -0.3 is 15.5 Å². The second-order valence-corrected chi connectivity index (χ2v) is 7.63. The Balaban J connectivity index is 1.82. The minimum Gasteiger partial charge on any atom is -0.508 e. The molecule has 4 nitrogen and oxygen atoms in total. The highest BCUT2D eigenvalue weighted by Crippen LogP contribution is 2.50. The van der Waals surface area contributed by atoms with Crippen LogP contribution < -0.4 is 5.32 Å². The summed E-state index contributed by atoms with van der Waals surface area (Å²) >= 11 is 0. The maximum atomic E-state index is 13.6. The fourth-order valence-corrected chi connectivity index (χ4v) is 4.78. The summed E-state index contributed by atoms with van der Waals surface area (Å²) in [5, 5.41) is 22.7. The van der Waals surface area contributed by atoms with E-state index in [0.29, 0.717) is 0 Å². The Labute approximate surface area is 163 Å². The monoisotopic (exact) mass is 371 g/mol. The van der Waals surface area contributed by atoms with Crippen LogP contribution in [0.15, 0.2) is 60.7 Å². The predicted octanol–water partition coefficient (Wildman–Crippen LogP) is 4.26. The molecule has 4 heteroatoms. The summed E-state index contributed by atoms with van der Waals surface area (Å²) < 4.78 is 0. The molecule has 2 aliphatic rings. The van der Waals surface area contributed by atoms with Crippen LogP contribution in [0.1, 0.15) is 40.7 Å². The van der Waals surface area contributed by atoms with E-state index in [4.69, 9.17) is 0 Å². The molecule has 0 saturated carbocycles. The topological polar surface area (TPSA) is 69.6 Å². The summed E-state index contributed by atoms with van der Waals surface area (Å²) in [6.07, 6.45) is 4.33. The number of hydrogen-bond donors (Lipinski definition) is 3. The van der Waals surface area contributed by atoms with Gasteiger partial charge in [0.25, 0.3) is 0 Å². The lowest BCUT2D eigenvalue weighted by molar-refractivity contribution is -0.118. The van der Waals surface area contributed by atoms with Crippen molar-refractivity contribution < 1.29 is 15.0 Å². The Morgan fingerprint density at radius 1 is 0.750 bits per heavy atom. The number of fused-ring (bicyclic) bond motifs is 3. The highest BCUT2D eigenvalue weighted by Gasteiger charge is 2.50. The second-order valence-electron chi connectivity index (χ2n) is 7.63. The molecule has 0 radical (unpaired) electrons. The zero-order chi connectivity index (χ0) is 19.3. The van der Waals surface area contributed by atoms with Gasteiger partial charge in [0.2, 0.25) is 5.91 Å². The normalized spacial score (nSPS) is 16.9. The molecule has 0 saturated heterocycles. The quantitative estimate of drug-likeness (QED) is 0.630. The van der Waals surface area contributed by atoms with Crippen molar-refractivity contribution in [3.8, 4) is 11.5 Å². The Hall–Kier alpha value is -3.27. The molecule has 1 aliphatic heterocycles. The number of anilines is 1. The van der Waals surface area contributed by atoms with E-state index < -0.39 is 5.41 Å². The number of nitrogens with one attached hydrogen (secondary N) is 1. The molecule has 3 aromatic rings. The lowest BCUT2D eigenvalue weighted by Crippen LogP contribution is -2.36. The zero-order valence-corrected chi connectivity index (χ0v) is 15.4. The van der Waals surface area contributed by atoms with Crippen molar-refractivity contribution >= 4 is 11.6 Å². The van der Waals surface area contributed by atoms with Gasteiger partial charge in [0.1, 0.15) is 16.9 Å². The number of carbonyl (C=O) groups excluding carboxylic acids is 1. The first-order chi connectivity index (χ1) is 13.6. The molecule has 3 aromatic carbocycles. The van der Waals surface area contributed by atoms with Crippen LogP contribution in [-0.2, 0) is 23.1 Å². The number of phenols is 2. The molecular weight excluding hydrogens is 350 g/mol. The lowest BCUT2D eigenvalue weighted by Gasteiger charge is -2.29. The lowest BCUT2D eigenvalue weighted by atomic mass is 9.69. The van der Waals surface area contributed by atoms with Crippen LogP contribution >= 0.6 is 0 Å². The molecule has 1 heterocycles. The summed E-state index contributed by atoms with van der Waals surface area (Å²) in [4.78, 5) is 13.6. The summed E-state index contributed by atoms with van der Waals surface area (Å²) in [6, 6.07) is 17.9. The van der Waals surface area contributed by atoms with Crippen molar-refractivity contribution in [3.05, 3.63) is 88.5 Å². The maximum Gasteiger partial charge on any atom is 0.244 e. The van der Waals surface area contributed by atoms with Gasteiger partial charge in [-0.2, -0.15) is 0 Å². The molecule has 0 aromatic heterocycles. The third-order valence-corrected chi connectivity index (χ3v) is 6.12. The molecule has 0 spiro atoms. The summed E-state index contributed by atoms with van der Waals surface area (Å²) in [5.41, 5.74) is 5.02. The number of amides is 1. The number of hydrogen-bond acceptors (Lipinski definition) is 3. The Bertz CT molecular complexity index is 1020. The van der Waals surface area contributed by atoms with Gasteiger partial charge in [-0.1, -0.05) is 36.4 Å². The first-order valence-electron chi connectivity index (χ1n) is 9.66. The smallest absolute Gasteiger partial charge is 0.244 e. The predicted molar refractivity (Wildman–Crippen MR) is 108 cm³/mol.